The van der Waals surface area contributed by atoms with E-state index in [1.54, 1.807) is 23.1 Å². The van der Waals surface area contributed by atoms with Gasteiger partial charge in [0, 0.05) is 18.7 Å². The summed E-state index contributed by atoms with van der Waals surface area (Å²) < 4.78 is 17.1. The number of Topliss-reactive ketones (excluding diaryl/α,β-unsaturated/α-hetero) is 1. The number of likely N-dealkylation sites (N-methyl/N-ethyl adjacent to an activating group) is 1. The molecule has 1 fully saturated rings. The summed E-state index contributed by atoms with van der Waals surface area (Å²) in [5, 5.41) is 11.4. The summed E-state index contributed by atoms with van der Waals surface area (Å²) >= 11 is 0. The summed E-state index contributed by atoms with van der Waals surface area (Å²) in [6, 6.07) is 11.7. The molecule has 0 spiro atoms. The second-order valence-corrected chi connectivity index (χ2v) is 8.80. The van der Waals surface area contributed by atoms with Crippen LogP contribution in [-0.2, 0) is 9.59 Å². The van der Waals surface area contributed by atoms with Crippen molar-refractivity contribution in [1.82, 2.24) is 9.80 Å². The van der Waals surface area contributed by atoms with Gasteiger partial charge in [0.05, 0.1) is 18.2 Å². The molecule has 1 amide bonds. The maximum absolute atomic E-state index is 13.3. The lowest BCUT2D eigenvalue weighted by atomic mass is 9.95. The number of benzene rings is 2. The van der Waals surface area contributed by atoms with Crippen LogP contribution in [0.15, 0.2) is 48.0 Å². The van der Waals surface area contributed by atoms with Gasteiger partial charge in [-0.3, -0.25) is 9.59 Å². The van der Waals surface area contributed by atoms with E-state index in [9.17, 15) is 14.7 Å². The fourth-order valence-corrected chi connectivity index (χ4v) is 4.59. The third kappa shape index (κ3) is 5.18. The van der Waals surface area contributed by atoms with Crippen LogP contribution in [0.25, 0.3) is 5.76 Å². The second-order valence-electron chi connectivity index (χ2n) is 8.80. The van der Waals surface area contributed by atoms with Crippen LogP contribution < -0.4 is 14.2 Å². The van der Waals surface area contributed by atoms with Crippen LogP contribution in [0.5, 0.6) is 17.2 Å². The van der Waals surface area contributed by atoms with E-state index < -0.39 is 17.7 Å². The highest BCUT2D eigenvalue weighted by molar-refractivity contribution is 6.46. The van der Waals surface area contributed by atoms with Gasteiger partial charge in [0.2, 0.25) is 0 Å². The van der Waals surface area contributed by atoms with Crippen molar-refractivity contribution in [2.45, 2.75) is 33.2 Å². The van der Waals surface area contributed by atoms with Crippen molar-refractivity contribution in [2.75, 3.05) is 46.0 Å². The highest BCUT2D eigenvalue weighted by atomic mass is 16.6. The van der Waals surface area contributed by atoms with Gasteiger partial charge in [0.25, 0.3) is 11.7 Å². The van der Waals surface area contributed by atoms with E-state index in [0.29, 0.717) is 61.3 Å². The van der Waals surface area contributed by atoms with E-state index in [0.717, 1.165) is 19.5 Å². The molecule has 2 aromatic rings. The van der Waals surface area contributed by atoms with Crippen LogP contribution in [0.4, 0.5) is 0 Å². The first-order chi connectivity index (χ1) is 17.5. The molecule has 8 heteroatoms. The maximum atomic E-state index is 13.3. The number of aliphatic hydroxyl groups excluding tert-OH is 1. The molecule has 8 nitrogen and oxygen atoms in total. The van der Waals surface area contributed by atoms with Crippen molar-refractivity contribution in [2.24, 2.45) is 0 Å². The molecule has 2 heterocycles. The molecule has 0 aliphatic carbocycles. The molecule has 1 unspecified atom stereocenters. The molecular formula is C28H34N2O6. The third-order valence-corrected chi connectivity index (χ3v) is 6.55. The Bertz CT molecular complexity index is 1140. The molecule has 2 aromatic carbocycles. The number of rotatable bonds is 10. The first kappa shape index (κ1) is 25.6. The second kappa shape index (κ2) is 11.5. The SMILES string of the molecule is CCCOc1cccc(C2/C(=C(/O)c3ccc4c(c3)OCCO4)C(=O)C(=O)N2CCN(CC)CC)c1. The van der Waals surface area contributed by atoms with E-state index in [-0.39, 0.29) is 11.3 Å². The van der Waals surface area contributed by atoms with Crippen molar-refractivity contribution >= 4 is 17.4 Å². The molecular weight excluding hydrogens is 460 g/mol. The lowest BCUT2D eigenvalue weighted by Crippen LogP contribution is -2.38. The highest BCUT2D eigenvalue weighted by Crippen LogP contribution is 2.41. The van der Waals surface area contributed by atoms with Gasteiger partial charge in [-0.2, -0.15) is 0 Å². The molecule has 1 saturated heterocycles. The Labute approximate surface area is 212 Å². The predicted molar refractivity (Wildman–Crippen MR) is 136 cm³/mol. The quantitative estimate of drug-likeness (QED) is 0.303. The molecule has 2 aliphatic heterocycles. The van der Waals surface area contributed by atoms with Crippen LogP contribution >= 0.6 is 0 Å². The van der Waals surface area contributed by atoms with Gasteiger partial charge < -0.3 is 29.1 Å². The van der Waals surface area contributed by atoms with Crippen molar-refractivity contribution in [1.29, 1.82) is 0 Å². The number of nitrogens with zero attached hydrogens (tertiary/aromatic N) is 2. The van der Waals surface area contributed by atoms with Gasteiger partial charge in [-0.25, -0.2) is 0 Å². The number of ether oxygens (including phenoxy) is 3. The minimum atomic E-state index is -0.737. The number of likely N-dealkylation sites (tertiary alicyclic amines) is 1. The topological polar surface area (TPSA) is 88.5 Å². The summed E-state index contributed by atoms with van der Waals surface area (Å²) in [6.45, 7) is 10.2. The zero-order valence-corrected chi connectivity index (χ0v) is 21.2. The van der Waals surface area contributed by atoms with Gasteiger partial charge in [0.1, 0.15) is 24.7 Å². The lowest BCUT2D eigenvalue weighted by molar-refractivity contribution is -0.140. The molecule has 1 atom stereocenters. The van der Waals surface area contributed by atoms with Gasteiger partial charge in [-0.1, -0.05) is 32.9 Å². The Morgan fingerprint density at radius 2 is 1.81 bits per heavy atom. The lowest BCUT2D eigenvalue weighted by Gasteiger charge is -2.28. The third-order valence-electron chi connectivity index (χ3n) is 6.55. The summed E-state index contributed by atoms with van der Waals surface area (Å²) in [5.74, 6) is 0.170. The van der Waals surface area contributed by atoms with Crippen molar-refractivity contribution in [3.8, 4) is 17.2 Å². The van der Waals surface area contributed by atoms with Crippen LogP contribution in [0.2, 0.25) is 0 Å². The van der Waals surface area contributed by atoms with Crippen LogP contribution in [0.3, 0.4) is 0 Å². The molecule has 192 valence electrons. The minimum Gasteiger partial charge on any atom is -0.507 e. The van der Waals surface area contributed by atoms with E-state index in [1.165, 1.54) is 0 Å². The van der Waals surface area contributed by atoms with E-state index >= 15 is 0 Å². The van der Waals surface area contributed by atoms with Gasteiger partial charge >= 0.3 is 0 Å². The van der Waals surface area contributed by atoms with Crippen molar-refractivity contribution in [3.05, 3.63) is 59.2 Å². The summed E-state index contributed by atoms with van der Waals surface area (Å²) in [6.07, 6.45) is 0.858. The van der Waals surface area contributed by atoms with Crippen LogP contribution in [-0.4, -0.2) is 72.6 Å². The zero-order chi connectivity index (χ0) is 25.7. The highest BCUT2D eigenvalue weighted by Gasteiger charge is 2.46. The Kier molecular flexibility index (Phi) is 8.15. The van der Waals surface area contributed by atoms with Crippen molar-refractivity contribution in [3.63, 3.8) is 0 Å². The Hall–Kier alpha value is -3.52. The Balaban J connectivity index is 1.78. The van der Waals surface area contributed by atoms with Gasteiger partial charge in [-0.05, 0) is 55.4 Å². The number of carbonyl (C=O) groups is 2. The largest absolute Gasteiger partial charge is 0.507 e. The van der Waals surface area contributed by atoms with E-state index in [1.807, 2.05) is 31.2 Å². The van der Waals surface area contributed by atoms with Gasteiger partial charge in [-0.15, -0.1) is 0 Å². The number of fused-ring (bicyclic) bond motifs is 1. The normalized spacial score (nSPS) is 18.7. The van der Waals surface area contributed by atoms with E-state index in [4.69, 9.17) is 14.2 Å². The fraction of sp³-hybridized carbons (Fsp3) is 0.429. The molecule has 2 aliphatic rings. The van der Waals surface area contributed by atoms with E-state index in [2.05, 4.69) is 18.7 Å². The molecule has 4 rings (SSSR count). The summed E-state index contributed by atoms with van der Waals surface area (Å²) in [4.78, 5) is 30.3. The molecule has 1 N–H and O–H groups in total. The fourth-order valence-electron chi connectivity index (χ4n) is 4.59. The smallest absolute Gasteiger partial charge is 0.295 e. The number of amides is 1. The number of aliphatic hydroxyl groups is 1. The van der Waals surface area contributed by atoms with Crippen molar-refractivity contribution < 1.29 is 28.9 Å². The number of ketones is 1. The molecule has 0 saturated carbocycles. The first-order valence-electron chi connectivity index (χ1n) is 12.6. The number of hydrogen-bond acceptors (Lipinski definition) is 7. The summed E-state index contributed by atoms with van der Waals surface area (Å²) in [5.41, 5.74) is 1.16. The first-order valence-corrected chi connectivity index (χ1v) is 12.6. The average molecular weight is 495 g/mol. The average Bonchev–Trinajstić information content (AvgIpc) is 3.17. The maximum Gasteiger partial charge on any atom is 0.295 e. The Morgan fingerprint density at radius 1 is 1.06 bits per heavy atom. The number of hydrogen-bond donors (Lipinski definition) is 1. The number of carbonyl (C=O) groups excluding carboxylic acids is 2. The zero-order valence-electron chi connectivity index (χ0n) is 21.2. The van der Waals surface area contributed by atoms with Crippen LogP contribution in [0, 0.1) is 0 Å². The molecule has 36 heavy (non-hydrogen) atoms. The molecule has 0 bridgehead atoms. The predicted octanol–water partition coefficient (Wildman–Crippen LogP) is 4.01. The minimum absolute atomic E-state index is 0.0591. The molecule has 0 aromatic heterocycles. The van der Waals surface area contributed by atoms with Crippen LogP contribution in [0.1, 0.15) is 44.4 Å². The summed E-state index contributed by atoms with van der Waals surface area (Å²) in [7, 11) is 0. The Morgan fingerprint density at radius 3 is 2.53 bits per heavy atom. The molecule has 0 radical (unpaired) electrons. The standard InChI is InChI=1S/C28H34N2O6/c1-4-14-34-21-9-7-8-19(17-21)25-24(27(32)28(33)30(25)13-12-29(5-2)6-3)26(31)20-10-11-22-23(18-20)36-16-15-35-22/h7-11,17-18,25,31H,4-6,12-16H2,1-3H3/b26-24-. The van der Waals surface area contributed by atoms with Gasteiger partial charge in [0.15, 0.2) is 11.5 Å². The monoisotopic (exact) mass is 494 g/mol.